The third-order valence-corrected chi connectivity index (χ3v) is 9.16. The number of hydrogen-bond donors (Lipinski definition) is 1. The van der Waals surface area contributed by atoms with Crippen LogP contribution in [0, 0.1) is 0 Å². The van der Waals surface area contributed by atoms with Crippen LogP contribution in [0.3, 0.4) is 0 Å². The molecule has 5 heteroatoms. The molecule has 2 nitrogen and oxygen atoms in total. The molecule has 0 unspecified atom stereocenters. The Hall–Kier alpha value is -0.623. The van der Waals surface area contributed by atoms with Gasteiger partial charge in [-0.3, -0.25) is 0 Å². The zero-order valence-corrected chi connectivity index (χ0v) is 16.3. The molecule has 1 heterocycles. The van der Waals surface area contributed by atoms with E-state index < -0.39 is 8.07 Å². The molecule has 0 saturated carbocycles. The van der Waals surface area contributed by atoms with Gasteiger partial charge >= 0.3 is 0 Å². The zero-order chi connectivity index (χ0) is 15.4. The van der Waals surface area contributed by atoms with Crippen LogP contribution in [0.4, 0.5) is 0 Å². The fourth-order valence-corrected chi connectivity index (χ4v) is 7.53. The van der Waals surface area contributed by atoms with Gasteiger partial charge in [0, 0.05) is 4.47 Å². The van der Waals surface area contributed by atoms with Gasteiger partial charge in [-0.05, 0) is 67.3 Å². The quantitative estimate of drug-likeness (QED) is 0.743. The fraction of sp³-hybridized carbons (Fsp3) is 0.250. The van der Waals surface area contributed by atoms with Crippen molar-refractivity contribution in [1.29, 1.82) is 0 Å². The van der Waals surface area contributed by atoms with Gasteiger partial charge in [0.2, 0.25) is 0 Å². The molecule has 2 aromatic rings. The van der Waals surface area contributed by atoms with Crippen molar-refractivity contribution in [2.75, 3.05) is 7.11 Å². The number of aliphatic hydroxyl groups is 1. The lowest BCUT2D eigenvalue weighted by molar-refractivity contribution is 0.281. The Morgan fingerprint density at radius 2 is 1.57 bits per heavy atom. The molecule has 1 N–H and O–H groups in total. The van der Waals surface area contributed by atoms with Crippen LogP contribution in [0.2, 0.25) is 13.1 Å². The van der Waals surface area contributed by atoms with E-state index >= 15 is 0 Å². The molecule has 0 saturated heterocycles. The van der Waals surface area contributed by atoms with E-state index in [2.05, 4.69) is 69.2 Å². The molecule has 0 fully saturated rings. The Morgan fingerprint density at radius 1 is 1.00 bits per heavy atom. The molecule has 0 spiro atoms. The van der Waals surface area contributed by atoms with Crippen molar-refractivity contribution < 1.29 is 9.84 Å². The van der Waals surface area contributed by atoms with Crippen molar-refractivity contribution in [2.24, 2.45) is 0 Å². The van der Waals surface area contributed by atoms with Crippen LogP contribution in [0.15, 0.2) is 33.2 Å². The lowest BCUT2D eigenvalue weighted by Gasteiger charge is -2.20. The molecule has 0 amide bonds. The highest BCUT2D eigenvalue weighted by atomic mass is 79.9. The molecule has 110 valence electrons. The normalized spacial score (nSPS) is 14.8. The van der Waals surface area contributed by atoms with E-state index in [4.69, 9.17) is 4.74 Å². The molecule has 0 atom stereocenters. The van der Waals surface area contributed by atoms with Crippen molar-refractivity contribution >= 4 is 50.3 Å². The molecule has 1 aliphatic rings. The maximum atomic E-state index is 9.52. The van der Waals surface area contributed by atoms with E-state index in [-0.39, 0.29) is 6.61 Å². The highest BCUT2D eigenvalue weighted by molar-refractivity contribution is 9.10. The van der Waals surface area contributed by atoms with Crippen LogP contribution in [0.25, 0.3) is 11.1 Å². The van der Waals surface area contributed by atoms with Crippen LogP contribution in [-0.4, -0.2) is 20.3 Å². The summed E-state index contributed by atoms with van der Waals surface area (Å²) in [6.45, 7) is 4.77. The lowest BCUT2D eigenvalue weighted by Crippen LogP contribution is -2.49. The second-order valence-electron chi connectivity index (χ2n) is 5.80. The number of hydrogen-bond acceptors (Lipinski definition) is 2. The zero-order valence-electron chi connectivity index (χ0n) is 12.1. The minimum absolute atomic E-state index is 0.0405. The Labute approximate surface area is 142 Å². The predicted octanol–water partition coefficient (Wildman–Crippen LogP) is 3.52. The van der Waals surface area contributed by atoms with Gasteiger partial charge in [-0.2, -0.15) is 0 Å². The summed E-state index contributed by atoms with van der Waals surface area (Å²) >= 11 is 7.17. The second kappa shape index (κ2) is 5.23. The van der Waals surface area contributed by atoms with Gasteiger partial charge in [-0.25, -0.2) is 0 Å². The SMILES string of the molecule is COc1cc2c(cc1Br)[Si](C)(C)c1cc(Br)c(CO)cc1-2. The summed E-state index contributed by atoms with van der Waals surface area (Å²) < 4.78 is 7.43. The largest absolute Gasteiger partial charge is 0.496 e. The van der Waals surface area contributed by atoms with Gasteiger partial charge < -0.3 is 9.84 Å². The first-order valence-corrected chi connectivity index (χ1v) is 11.3. The first-order valence-electron chi connectivity index (χ1n) is 6.72. The lowest BCUT2D eigenvalue weighted by atomic mass is 10.0. The molecule has 0 aliphatic carbocycles. The first-order chi connectivity index (χ1) is 9.90. The highest BCUT2D eigenvalue weighted by Gasteiger charge is 2.38. The summed E-state index contributed by atoms with van der Waals surface area (Å²) in [5.74, 6) is 0.847. The number of ether oxygens (including phenoxy) is 1. The summed E-state index contributed by atoms with van der Waals surface area (Å²) in [6, 6.07) is 8.60. The summed E-state index contributed by atoms with van der Waals surface area (Å²) in [4.78, 5) is 0. The number of benzene rings is 2. The Morgan fingerprint density at radius 3 is 2.14 bits per heavy atom. The standard InChI is InChI=1S/C16H16Br2O2Si/c1-20-14-5-11-10-4-9(8-19)12(17)6-15(10)21(2,3)16(11)7-13(14)18/h4-7,19H,8H2,1-3H3. The Balaban J connectivity index is 2.34. The monoisotopic (exact) mass is 426 g/mol. The topological polar surface area (TPSA) is 29.5 Å². The van der Waals surface area contributed by atoms with Crippen molar-refractivity contribution in [3.05, 3.63) is 38.8 Å². The summed E-state index contributed by atoms with van der Waals surface area (Å²) in [7, 11) is -0.0266. The molecule has 21 heavy (non-hydrogen) atoms. The Bertz CT molecular complexity index is 680. The molecule has 3 rings (SSSR count). The number of methoxy groups -OCH3 is 1. The molecule has 0 bridgehead atoms. The van der Waals surface area contributed by atoms with Gasteiger partial charge in [0.05, 0.1) is 18.2 Å². The molecule has 1 aliphatic heterocycles. The average molecular weight is 428 g/mol. The van der Waals surface area contributed by atoms with Gasteiger partial charge in [-0.15, -0.1) is 0 Å². The van der Waals surface area contributed by atoms with Crippen molar-refractivity contribution in [3.8, 4) is 16.9 Å². The maximum Gasteiger partial charge on any atom is 0.133 e. The summed E-state index contributed by atoms with van der Waals surface area (Å²) in [5.41, 5.74) is 3.40. The van der Waals surface area contributed by atoms with Gasteiger partial charge in [-0.1, -0.05) is 29.0 Å². The van der Waals surface area contributed by atoms with Gasteiger partial charge in [0.15, 0.2) is 0 Å². The molecule has 0 aromatic heterocycles. The van der Waals surface area contributed by atoms with Crippen LogP contribution in [0.1, 0.15) is 5.56 Å². The van der Waals surface area contributed by atoms with E-state index in [0.29, 0.717) is 0 Å². The fourth-order valence-electron chi connectivity index (χ4n) is 3.07. The minimum Gasteiger partial charge on any atom is -0.496 e. The third kappa shape index (κ3) is 2.22. The molecular weight excluding hydrogens is 412 g/mol. The van der Waals surface area contributed by atoms with Crippen LogP contribution in [0.5, 0.6) is 5.75 Å². The smallest absolute Gasteiger partial charge is 0.133 e. The number of halogens is 2. The molecular formula is C16H16Br2O2Si. The number of aliphatic hydroxyl groups excluding tert-OH is 1. The van der Waals surface area contributed by atoms with E-state index in [1.165, 1.54) is 21.5 Å². The number of rotatable bonds is 2. The van der Waals surface area contributed by atoms with E-state index in [0.717, 1.165) is 20.3 Å². The first kappa shape index (κ1) is 15.3. The second-order valence-corrected chi connectivity index (χ2v) is 11.8. The van der Waals surface area contributed by atoms with Gasteiger partial charge in [0.1, 0.15) is 13.8 Å². The predicted molar refractivity (Wildman–Crippen MR) is 96.5 cm³/mol. The van der Waals surface area contributed by atoms with Gasteiger partial charge in [0.25, 0.3) is 0 Å². The van der Waals surface area contributed by atoms with Crippen LogP contribution >= 0.6 is 31.9 Å². The highest BCUT2D eigenvalue weighted by Crippen LogP contribution is 2.36. The summed E-state index contributed by atoms with van der Waals surface area (Å²) in [5, 5.41) is 12.3. The van der Waals surface area contributed by atoms with E-state index in [9.17, 15) is 5.11 Å². The van der Waals surface area contributed by atoms with E-state index in [1.807, 2.05) is 0 Å². The van der Waals surface area contributed by atoms with E-state index in [1.54, 1.807) is 7.11 Å². The molecule has 0 radical (unpaired) electrons. The molecule has 2 aromatic carbocycles. The van der Waals surface area contributed by atoms with Crippen molar-refractivity contribution in [3.63, 3.8) is 0 Å². The minimum atomic E-state index is -1.71. The van der Waals surface area contributed by atoms with Crippen molar-refractivity contribution in [2.45, 2.75) is 19.7 Å². The van der Waals surface area contributed by atoms with Crippen molar-refractivity contribution in [1.82, 2.24) is 0 Å². The maximum absolute atomic E-state index is 9.52. The Kier molecular flexibility index (Phi) is 3.80. The summed E-state index contributed by atoms with van der Waals surface area (Å²) in [6.07, 6.45) is 0. The number of fused-ring (bicyclic) bond motifs is 3. The third-order valence-electron chi connectivity index (χ3n) is 4.29. The van der Waals surface area contributed by atoms with Crippen LogP contribution < -0.4 is 15.1 Å². The van der Waals surface area contributed by atoms with Crippen LogP contribution in [-0.2, 0) is 6.61 Å². The average Bonchev–Trinajstić information content (AvgIpc) is 2.65.